The molecule has 0 aliphatic rings. The van der Waals surface area contributed by atoms with Crippen molar-refractivity contribution in [3.63, 3.8) is 0 Å². The van der Waals surface area contributed by atoms with Crippen LogP contribution in [-0.4, -0.2) is 15.5 Å². The molecule has 21 heavy (non-hydrogen) atoms. The molecule has 0 atom stereocenters. The second kappa shape index (κ2) is 5.02. The molecule has 0 aliphatic carbocycles. The van der Waals surface area contributed by atoms with Gasteiger partial charge >= 0.3 is 5.76 Å². The Morgan fingerprint density at radius 3 is 2.57 bits per heavy atom. The Hall–Kier alpha value is -2.11. The van der Waals surface area contributed by atoms with Gasteiger partial charge in [0.25, 0.3) is 5.91 Å². The molecule has 0 unspecified atom stereocenters. The summed E-state index contributed by atoms with van der Waals surface area (Å²) in [5, 5.41) is 0.145. The van der Waals surface area contributed by atoms with Gasteiger partial charge in [0.2, 0.25) is 0 Å². The van der Waals surface area contributed by atoms with Crippen molar-refractivity contribution in [2.24, 2.45) is 0 Å². The molecule has 0 bridgehead atoms. The van der Waals surface area contributed by atoms with Crippen LogP contribution in [0.2, 0.25) is 10.3 Å². The molecule has 1 aromatic carbocycles. The van der Waals surface area contributed by atoms with Crippen LogP contribution in [0.4, 0.5) is 0 Å². The summed E-state index contributed by atoms with van der Waals surface area (Å²) in [5.41, 5.74) is 1.68. The summed E-state index contributed by atoms with van der Waals surface area (Å²) in [6.45, 7) is 1.79. The van der Waals surface area contributed by atoms with E-state index in [2.05, 4.69) is 4.98 Å². The van der Waals surface area contributed by atoms with Gasteiger partial charge in [-0.05, 0) is 30.7 Å². The number of para-hydroxylation sites is 1. The van der Waals surface area contributed by atoms with Crippen LogP contribution >= 0.6 is 23.2 Å². The maximum Gasteiger partial charge on any atom is 0.427 e. The average Bonchev–Trinajstić information content (AvgIpc) is 2.74. The molecular formula is C14H8Cl2N2O3. The SMILES string of the molecule is Cc1cccc2oc(=O)n(C(=O)c3cc(Cl)nc(Cl)c3)c12. The molecule has 0 fully saturated rings. The van der Waals surface area contributed by atoms with Crippen molar-refractivity contribution in [1.82, 2.24) is 9.55 Å². The summed E-state index contributed by atoms with van der Waals surface area (Å²) in [6.07, 6.45) is 0. The lowest BCUT2D eigenvalue weighted by Gasteiger charge is -2.04. The monoisotopic (exact) mass is 322 g/mol. The number of nitrogens with zero attached hydrogens (tertiary/aromatic N) is 2. The molecule has 5 nitrogen and oxygen atoms in total. The van der Waals surface area contributed by atoms with Gasteiger partial charge in [-0.25, -0.2) is 14.3 Å². The number of carbonyl (C=O) groups excluding carboxylic acids is 1. The summed E-state index contributed by atoms with van der Waals surface area (Å²) >= 11 is 11.6. The minimum atomic E-state index is -0.756. The molecule has 0 radical (unpaired) electrons. The zero-order valence-electron chi connectivity index (χ0n) is 10.8. The number of fused-ring (bicyclic) bond motifs is 1. The first-order chi connectivity index (χ1) is 9.97. The van der Waals surface area contributed by atoms with Gasteiger partial charge in [-0.1, -0.05) is 35.3 Å². The van der Waals surface area contributed by atoms with Gasteiger partial charge in [-0.2, -0.15) is 0 Å². The number of aryl methyl sites for hydroxylation is 1. The van der Waals surface area contributed by atoms with Crippen molar-refractivity contribution < 1.29 is 9.21 Å². The molecular weight excluding hydrogens is 315 g/mol. The lowest BCUT2D eigenvalue weighted by atomic mass is 10.2. The molecule has 106 valence electrons. The van der Waals surface area contributed by atoms with Crippen LogP contribution in [0.3, 0.4) is 0 Å². The number of aromatic nitrogens is 2. The fourth-order valence-corrected chi connectivity index (χ4v) is 2.59. The van der Waals surface area contributed by atoms with Crippen LogP contribution in [0.5, 0.6) is 0 Å². The van der Waals surface area contributed by atoms with Gasteiger partial charge in [0.15, 0.2) is 5.58 Å². The standard InChI is InChI=1S/C14H8Cl2N2O3/c1-7-3-2-4-9-12(7)18(14(20)21-9)13(19)8-5-10(15)17-11(16)6-8/h2-6H,1H3. The number of rotatable bonds is 1. The molecule has 0 saturated carbocycles. The highest BCUT2D eigenvalue weighted by molar-refractivity contribution is 6.33. The number of benzene rings is 1. The highest BCUT2D eigenvalue weighted by Gasteiger charge is 2.20. The van der Waals surface area contributed by atoms with E-state index in [1.54, 1.807) is 25.1 Å². The molecule has 0 N–H and O–H groups in total. The summed E-state index contributed by atoms with van der Waals surface area (Å²) in [7, 11) is 0. The summed E-state index contributed by atoms with van der Waals surface area (Å²) < 4.78 is 6.05. The van der Waals surface area contributed by atoms with E-state index in [0.29, 0.717) is 11.1 Å². The zero-order chi connectivity index (χ0) is 15.1. The fraction of sp³-hybridized carbons (Fsp3) is 0.0714. The maximum absolute atomic E-state index is 12.6. The minimum Gasteiger partial charge on any atom is -0.407 e. The fourth-order valence-electron chi connectivity index (χ4n) is 2.13. The molecule has 3 aromatic rings. The Kier molecular flexibility index (Phi) is 3.31. The van der Waals surface area contributed by atoms with Gasteiger partial charge in [0.1, 0.15) is 15.8 Å². The molecule has 0 spiro atoms. The van der Waals surface area contributed by atoms with Crippen LogP contribution in [0.15, 0.2) is 39.5 Å². The highest BCUT2D eigenvalue weighted by Crippen LogP contribution is 2.20. The largest absolute Gasteiger partial charge is 0.427 e. The molecule has 7 heteroatoms. The first kappa shape index (κ1) is 13.9. The van der Waals surface area contributed by atoms with Crippen molar-refractivity contribution in [2.75, 3.05) is 0 Å². The Labute approximate surface area is 128 Å². The third-order valence-corrected chi connectivity index (χ3v) is 3.40. The molecule has 0 amide bonds. The van der Waals surface area contributed by atoms with Crippen molar-refractivity contribution >= 4 is 40.2 Å². The first-order valence-electron chi connectivity index (χ1n) is 5.96. The highest BCUT2D eigenvalue weighted by atomic mass is 35.5. The molecule has 3 rings (SSSR count). The van der Waals surface area contributed by atoms with E-state index < -0.39 is 11.7 Å². The lowest BCUT2D eigenvalue weighted by molar-refractivity contribution is 0.0956. The van der Waals surface area contributed by atoms with Crippen molar-refractivity contribution in [1.29, 1.82) is 0 Å². The Bertz CT molecular complexity index is 907. The smallest absolute Gasteiger partial charge is 0.407 e. The Morgan fingerprint density at radius 2 is 1.90 bits per heavy atom. The predicted molar refractivity (Wildman–Crippen MR) is 79.2 cm³/mol. The van der Waals surface area contributed by atoms with E-state index in [1.165, 1.54) is 12.1 Å². The second-order valence-electron chi connectivity index (χ2n) is 4.43. The quantitative estimate of drug-likeness (QED) is 0.645. The molecule has 2 heterocycles. The average molecular weight is 323 g/mol. The van der Waals surface area contributed by atoms with E-state index in [1.807, 2.05) is 0 Å². The van der Waals surface area contributed by atoms with E-state index in [4.69, 9.17) is 27.6 Å². The van der Waals surface area contributed by atoms with Crippen LogP contribution in [-0.2, 0) is 0 Å². The predicted octanol–water partition coefficient (Wildman–Crippen LogP) is 3.29. The molecule has 2 aromatic heterocycles. The summed E-state index contributed by atoms with van der Waals surface area (Å²) in [4.78, 5) is 28.3. The number of halogens is 2. The Balaban J connectivity index is 2.27. The number of carbonyl (C=O) groups is 1. The van der Waals surface area contributed by atoms with Crippen LogP contribution in [0.25, 0.3) is 11.1 Å². The topological polar surface area (TPSA) is 65.1 Å². The first-order valence-corrected chi connectivity index (χ1v) is 6.72. The van der Waals surface area contributed by atoms with Gasteiger partial charge in [0, 0.05) is 5.56 Å². The van der Waals surface area contributed by atoms with Crippen molar-refractivity contribution in [3.05, 3.63) is 62.3 Å². The number of oxazole rings is 1. The van der Waals surface area contributed by atoms with E-state index in [-0.39, 0.29) is 15.9 Å². The molecule has 0 saturated heterocycles. The normalized spacial score (nSPS) is 11.0. The van der Waals surface area contributed by atoms with Crippen LogP contribution < -0.4 is 5.76 Å². The van der Waals surface area contributed by atoms with Gasteiger partial charge in [0.05, 0.1) is 0 Å². The van der Waals surface area contributed by atoms with Crippen molar-refractivity contribution in [2.45, 2.75) is 6.92 Å². The second-order valence-corrected chi connectivity index (χ2v) is 5.21. The van der Waals surface area contributed by atoms with Gasteiger partial charge in [-0.15, -0.1) is 0 Å². The van der Waals surface area contributed by atoms with E-state index >= 15 is 0 Å². The van der Waals surface area contributed by atoms with Crippen LogP contribution in [0.1, 0.15) is 15.9 Å². The number of pyridine rings is 1. The number of hydrogen-bond acceptors (Lipinski definition) is 4. The van der Waals surface area contributed by atoms with E-state index in [0.717, 1.165) is 10.1 Å². The van der Waals surface area contributed by atoms with Gasteiger partial charge in [-0.3, -0.25) is 4.79 Å². The van der Waals surface area contributed by atoms with Gasteiger partial charge < -0.3 is 4.42 Å². The minimum absolute atomic E-state index is 0.0726. The summed E-state index contributed by atoms with van der Waals surface area (Å²) in [5.74, 6) is -1.33. The number of hydrogen-bond donors (Lipinski definition) is 0. The summed E-state index contributed by atoms with van der Waals surface area (Å²) in [6, 6.07) is 7.85. The Morgan fingerprint density at radius 1 is 1.24 bits per heavy atom. The van der Waals surface area contributed by atoms with Crippen LogP contribution in [0, 0.1) is 6.92 Å². The maximum atomic E-state index is 12.6. The van der Waals surface area contributed by atoms with Crippen molar-refractivity contribution in [3.8, 4) is 0 Å². The lowest BCUT2D eigenvalue weighted by Crippen LogP contribution is -2.23. The third kappa shape index (κ3) is 2.34. The third-order valence-electron chi connectivity index (χ3n) is 3.02. The van der Waals surface area contributed by atoms with E-state index in [9.17, 15) is 9.59 Å². The zero-order valence-corrected chi connectivity index (χ0v) is 12.3. The molecule has 0 aliphatic heterocycles.